The maximum Gasteiger partial charge on any atom is 0.255 e. The van der Waals surface area contributed by atoms with Crippen LogP contribution >= 0.6 is 0 Å². The summed E-state index contributed by atoms with van der Waals surface area (Å²) >= 11 is 0. The lowest BCUT2D eigenvalue weighted by molar-refractivity contribution is 0.0730. The van der Waals surface area contributed by atoms with Gasteiger partial charge in [-0.05, 0) is 61.2 Å². The molecule has 0 unspecified atom stereocenters. The number of nitrogens with one attached hydrogen (secondary N) is 1. The normalized spacial score (nSPS) is 17.5. The van der Waals surface area contributed by atoms with E-state index in [1.165, 1.54) is 20.9 Å². The summed E-state index contributed by atoms with van der Waals surface area (Å²) in [4.78, 5) is 13.1. The molecule has 2 aromatic rings. The highest BCUT2D eigenvalue weighted by Gasteiger charge is 2.28. The first kappa shape index (κ1) is 23.7. The smallest absolute Gasteiger partial charge is 0.255 e. The van der Waals surface area contributed by atoms with Gasteiger partial charge in [0.15, 0.2) is 0 Å². The standard InChI is InChI=1S/C22H27N3O6S2/c1-16-5-7-19(15-21(16)33(29,30)24-10-12-31-13-11-24)23-22(26)18-6-8-20-17(14-18)4-3-9-25(20)32(2,27)28/h5-8,14-15H,3-4,9-13H2,1-2H3,(H,23,26). The molecule has 0 saturated carbocycles. The van der Waals surface area contributed by atoms with Crippen LogP contribution in [0.15, 0.2) is 41.3 Å². The third kappa shape index (κ3) is 4.91. The Morgan fingerprint density at radius 2 is 1.73 bits per heavy atom. The van der Waals surface area contributed by atoms with Crippen LogP contribution in [0.1, 0.15) is 27.9 Å². The van der Waals surface area contributed by atoms with Gasteiger partial charge in [-0.2, -0.15) is 4.31 Å². The quantitative estimate of drug-likeness (QED) is 0.682. The van der Waals surface area contributed by atoms with E-state index < -0.39 is 26.0 Å². The lowest BCUT2D eigenvalue weighted by Gasteiger charge is -2.29. The van der Waals surface area contributed by atoms with Gasteiger partial charge in [-0.15, -0.1) is 0 Å². The average molecular weight is 494 g/mol. The van der Waals surface area contributed by atoms with Crippen molar-refractivity contribution in [3.8, 4) is 0 Å². The van der Waals surface area contributed by atoms with Crippen molar-refractivity contribution in [2.45, 2.75) is 24.7 Å². The fraction of sp³-hybridized carbons (Fsp3) is 0.409. The number of morpholine rings is 1. The third-order valence-corrected chi connectivity index (χ3v) is 9.07. The van der Waals surface area contributed by atoms with Crippen molar-refractivity contribution >= 4 is 37.3 Å². The van der Waals surface area contributed by atoms with Gasteiger partial charge in [0.25, 0.3) is 5.91 Å². The van der Waals surface area contributed by atoms with Crippen LogP contribution in [0.4, 0.5) is 11.4 Å². The van der Waals surface area contributed by atoms with Gasteiger partial charge in [0.05, 0.1) is 30.1 Å². The first-order valence-corrected chi connectivity index (χ1v) is 14.0. The molecule has 33 heavy (non-hydrogen) atoms. The summed E-state index contributed by atoms with van der Waals surface area (Å²) in [7, 11) is -7.10. The second kappa shape index (κ2) is 9.05. The van der Waals surface area contributed by atoms with E-state index in [0.29, 0.717) is 55.1 Å². The van der Waals surface area contributed by atoms with Crippen molar-refractivity contribution < 1.29 is 26.4 Å². The molecule has 2 aliphatic rings. The topological polar surface area (TPSA) is 113 Å². The summed E-state index contributed by atoms with van der Waals surface area (Å²) in [6, 6.07) is 9.73. The van der Waals surface area contributed by atoms with Gasteiger partial charge in [-0.3, -0.25) is 9.10 Å². The van der Waals surface area contributed by atoms with Crippen LogP contribution < -0.4 is 9.62 Å². The number of hydrogen-bond acceptors (Lipinski definition) is 6. The van der Waals surface area contributed by atoms with Gasteiger partial charge in [0, 0.05) is 30.9 Å². The molecule has 0 aromatic heterocycles. The Morgan fingerprint density at radius 3 is 2.42 bits per heavy atom. The highest BCUT2D eigenvalue weighted by molar-refractivity contribution is 7.92. The SMILES string of the molecule is Cc1ccc(NC(=O)c2ccc3c(c2)CCCN3S(C)(=O)=O)cc1S(=O)(=O)N1CCOCC1. The molecule has 1 saturated heterocycles. The number of sulfonamides is 2. The monoisotopic (exact) mass is 493 g/mol. The summed E-state index contributed by atoms with van der Waals surface area (Å²) in [6.45, 7) is 3.42. The number of benzene rings is 2. The minimum Gasteiger partial charge on any atom is -0.379 e. The number of carbonyl (C=O) groups excluding carboxylic acids is 1. The maximum absolute atomic E-state index is 13.1. The number of anilines is 2. The van der Waals surface area contributed by atoms with Gasteiger partial charge < -0.3 is 10.1 Å². The fourth-order valence-electron chi connectivity index (χ4n) is 4.13. The molecule has 2 heterocycles. The lowest BCUT2D eigenvalue weighted by atomic mass is 10.0. The van der Waals surface area contributed by atoms with E-state index in [1.54, 1.807) is 37.3 Å². The molecule has 2 aromatic carbocycles. The molecule has 1 fully saturated rings. The summed E-state index contributed by atoms with van der Waals surface area (Å²) in [6.07, 6.45) is 2.52. The van der Waals surface area contributed by atoms with Crippen LogP contribution in [0.5, 0.6) is 0 Å². The van der Waals surface area contributed by atoms with E-state index in [1.807, 2.05) is 0 Å². The van der Waals surface area contributed by atoms with Crippen molar-refractivity contribution in [1.29, 1.82) is 0 Å². The molecule has 9 nitrogen and oxygen atoms in total. The number of hydrogen-bond donors (Lipinski definition) is 1. The molecular weight excluding hydrogens is 466 g/mol. The Hall–Kier alpha value is -2.47. The zero-order valence-electron chi connectivity index (χ0n) is 18.6. The number of rotatable bonds is 5. The zero-order chi connectivity index (χ0) is 23.8. The van der Waals surface area contributed by atoms with Crippen LogP contribution in [0.25, 0.3) is 0 Å². The molecule has 0 radical (unpaired) electrons. The van der Waals surface area contributed by atoms with Crippen molar-refractivity contribution in [3.63, 3.8) is 0 Å². The van der Waals surface area contributed by atoms with Crippen molar-refractivity contribution in [3.05, 3.63) is 53.1 Å². The van der Waals surface area contributed by atoms with Crippen LogP contribution in [0.3, 0.4) is 0 Å². The summed E-state index contributed by atoms with van der Waals surface area (Å²) < 4.78 is 58.3. The molecule has 2 aliphatic heterocycles. The predicted octanol–water partition coefficient (Wildman–Crippen LogP) is 1.98. The molecule has 0 spiro atoms. The first-order valence-electron chi connectivity index (χ1n) is 10.7. The van der Waals surface area contributed by atoms with E-state index in [0.717, 1.165) is 5.56 Å². The Bertz CT molecular complexity index is 1290. The van der Waals surface area contributed by atoms with E-state index in [-0.39, 0.29) is 18.0 Å². The second-order valence-electron chi connectivity index (χ2n) is 8.23. The third-order valence-electron chi connectivity index (χ3n) is 5.85. The first-order chi connectivity index (χ1) is 15.6. The van der Waals surface area contributed by atoms with Gasteiger partial charge in [0.1, 0.15) is 0 Å². The van der Waals surface area contributed by atoms with Gasteiger partial charge in [0.2, 0.25) is 20.0 Å². The number of carbonyl (C=O) groups is 1. The Labute approximate surface area is 194 Å². The van der Waals surface area contributed by atoms with Gasteiger partial charge >= 0.3 is 0 Å². The number of fused-ring (bicyclic) bond motifs is 1. The molecule has 178 valence electrons. The molecule has 1 N–H and O–H groups in total. The van der Waals surface area contributed by atoms with Crippen molar-refractivity contribution in [1.82, 2.24) is 4.31 Å². The number of nitrogens with zero attached hydrogens (tertiary/aromatic N) is 2. The lowest BCUT2D eigenvalue weighted by Crippen LogP contribution is -2.40. The van der Waals surface area contributed by atoms with Gasteiger partial charge in [-0.1, -0.05) is 6.07 Å². The second-order valence-corrected chi connectivity index (χ2v) is 12.0. The molecule has 11 heteroatoms. The van der Waals surface area contributed by atoms with Crippen molar-refractivity contribution in [2.24, 2.45) is 0 Å². The fourth-order valence-corrected chi connectivity index (χ4v) is 6.79. The average Bonchev–Trinajstić information content (AvgIpc) is 2.79. The molecule has 0 bridgehead atoms. The van der Waals surface area contributed by atoms with Crippen LogP contribution in [-0.2, 0) is 31.2 Å². The Morgan fingerprint density at radius 1 is 1.00 bits per heavy atom. The number of amides is 1. The van der Waals surface area contributed by atoms with Crippen LogP contribution in [-0.4, -0.2) is 66.2 Å². The molecule has 1 amide bonds. The minimum absolute atomic E-state index is 0.149. The van der Waals surface area contributed by atoms with Crippen LogP contribution in [0.2, 0.25) is 0 Å². The summed E-state index contributed by atoms with van der Waals surface area (Å²) in [5.74, 6) is -0.396. The Kier molecular flexibility index (Phi) is 6.50. The molecule has 0 aliphatic carbocycles. The van der Waals surface area contributed by atoms with Crippen LogP contribution in [0, 0.1) is 6.92 Å². The van der Waals surface area contributed by atoms with E-state index in [2.05, 4.69) is 5.32 Å². The number of aryl methyl sites for hydroxylation is 2. The Balaban J connectivity index is 1.58. The summed E-state index contributed by atoms with van der Waals surface area (Å²) in [5, 5.41) is 2.77. The van der Waals surface area contributed by atoms with E-state index >= 15 is 0 Å². The summed E-state index contributed by atoms with van der Waals surface area (Å²) in [5.41, 5.74) is 2.72. The minimum atomic E-state index is -3.71. The van der Waals surface area contributed by atoms with Gasteiger partial charge in [-0.25, -0.2) is 16.8 Å². The molecule has 4 rings (SSSR count). The maximum atomic E-state index is 13.1. The van der Waals surface area contributed by atoms with E-state index in [9.17, 15) is 21.6 Å². The molecular formula is C22H27N3O6S2. The molecule has 0 atom stereocenters. The van der Waals surface area contributed by atoms with E-state index in [4.69, 9.17) is 4.74 Å². The highest BCUT2D eigenvalue weighted by atomic mass is 32.2. The number of ether oxygens (including phenoxy) is 1. The zero-order valence-corrected chi connectivity index (χ0v) is 20.2. The highest BCUT2D eigenvalue weighted by Crippen LogP contribution is 2.30. The predicted molar refractivity (Wildman–Crippen MR) is 126 cm³/mol. The van der Waals surface area contributed by atoms with Crippen molar-refractivity contribution in [2.75, 3.05) is 48.7 Å². The largest absolute Gasteiger partial charge is 0.379 e.